The summed E-state index contributed by atoms with van der Waals surface area (Å²) in [6, 6.07) is 17.7. The fraction of sp³-hybridized carbons (Fsp3) is 0.125. The monoisotopic (exact) mass is 433 g/mol. The number of rotatable bonds is 6. The smallest absolute Gasteiger partial charge is 0.276 e. The first-order valence-electron chi connectivity index (χ1n) is 9.79. The number of nitrogens with zero attached hydrogens (tertiary/aromatic N) is 2. The summed E-state index contributed by atoms with van der Waals surface area (Å²) in [5.74, 6) is 0.143. The lowest BCUT2D eigenvalue weighted by Crippen LogP contribution is -2.31. The molecule has 1 amide bonds. The summed E-state index contributed by atoms with van der Waals surface area (Å²) in [5, 5.41) is 7.36. The van der Waals surface area contributed by atoms with E-state index in [4.69, 9.17) is 9.47 Å². The predicted molar refractivity (Wildman–Crippen MR) is 118 cm³/mol. The Morgan fingerprint density at radius 2 is 1.78 bits per heavy atom. The van der Waals surface area contributed by atoms with Crippen LogP contribution in [0.2, 0.25) is 0 Å². The molecule has 4 rings (SSSR count). The third kappa shape index (κ3) is 4.02. The lowest BCUT2D eigenvalue weighted by atomic mass is 10.1. The maximum absolute atomic E-state index is 13.4. The van der Waals surface area contributed by atoms with Crippen LogP contribution >= 0.6 is 0 Å². The Labute approximate surface area is 183 Å². The Morgan fingerprint density at radius 1 is 1.03 bits per heavy atom. The number of carbonyl (C=O) groups is 1. The zero-order valence-corrected chi connectivity index (χ0v) is 17.5. The number of nitrogens with one attached hydrogen (secondary N) is 1. The molecule has 0 spiro atoms. The number of methoxy groups -OCH3 is 2. The van der Waals surface area contributed by atoms with Gasteiger partial charge in [-0.05, 0) is 54.6 Å². The molecule has 32 heavy (non-hydrogen) atoms. The maximum Gasteiger partial charge on any atom is 0.276 e. The molecule has 162 valence electrons. The quantitative estimate of drug-likeness (QED) is 0.504. The number of fused-ring (bicyclic) bond motifs is 1. The van der Waals surface area contributed by atoms with E-state index in [1.165, 1.54) is 36.1 Å². The lowest BCUT2D eigenvalue weighted by Gasteiger charge is -2.13. The van der Waals surface area contributed by atoms with Gasteiger partial charge in [0.15, 0.2) is 5.69 Å². The SMILES string of the molecule is COc1ccc(OC)c(CNC(=O)c2nn(-c3ccc(F)cc3)c3ccccc3c2=O)c1. The van der Waals surface area contributed by atoms with Gasteiger partial charge in [0.25, 0.3) is 5.91 Å². The molecule has 4 aromatic rings. The summed E-state index contributed by atoms with van der Waals surface area (Å²) in [6.07, 6.45) is 0. The molecule has 0 aliphatic rings. The van der Waals surface area contributed by atoms with Gasteiger partial charge in [0, 0.05) is 12.1 Å². The van der Waals surface area contributed by atoms with Crippen molar-refractivity contribution >= 4 is 16.8 Å². The number of aromatic nitrogens is 2. The Hall–Kier alpha value is -4.20. The van der Waals surface area contributed by atoms with E-state index in [0.29, 0.717) is 33.7 Å². The highest BCUT2D eigenvalue weighted by Crippen LogP contribution is 2.24. The molecule has 0 aliphatic heterocycles. The maximum atomic E-state index is 13.4. The summed E-state index contributed by atoms with van der Waals surface area (Å²) in [6.45, 7) is 0.101. The van der Waals surface area contributed by atoms with Crippen molar-refractivity contribution in [3.63, 3.8) is 0 Å². The molecule has 8 heteroatoms. The van der Waals surface area contributed by atoms with Crippen LogP contribution in [0.15, 0.2) is 71.5 Å². The number of amides is 1. The van der Waals surface area contributed by atoms with Crippen molar-refractivity contribution in [1.29, 1.82) is 0 Å². The molecule has 0 unspecified atom stereocenters. The highest BCUT2D eigenvalue weighted by molar-refractivity contribution is 5.95. The van der Waals surface area contributed by atoms with E-state index in [2.05, 4.69) is 10.4 Å². The van der Waals surface area contributed by atoms with E-state index in [0.717, 1.165) is 0 Å². The van der Waals surface area contributed by atoms with Crippen LogP contribution in [0.3, 0.4) is 0 Å². The topological polar surface area (TPSA) is 82.4 Å². The number of carbonyl (C=O) groups excluding carboxylic acids is 1. The molecule has 7 nitrogen and oxygen atoms in total. The van der Waals surface area contributed by atoms with Crippen molar-refractivity contribution in [1.82, 2.24) is 15.1 Å². The van der Waals surface area contributed by atoms with Gasteiger partial charge in [-0.15, -0.1) is 0 Å². The number of para-hydroxylation sites is 1. The molecule has 3 aromatic carbocycles. The Balaban J connectivity index is 1.73. The molecule has 1 heterocycles. The van der Waals surface area contributed by atoms with E-state index in [-0.39, 0.29) is 12.2 Å². The van der Waals surface area contributed by atoms with Crippen LogP contribution in [0, 0.1) is 5.82 Å². The Bertz CT molecular complexity index is 1350. The van der Waals surface area contributed by atoms with Crippen molar-refractivity contribution in [3.05, 3.63) is 94.0 Å². The van der Waals surface area contributed by atoms with Gasteiger partial charge >= 0.3 is 0 Å². The summed E-state index contributed by atoms with van der Waals surface area (Å²) in [7, 11) is 3.07. The molecule has 0 radical (unpaired) electrons. The zero-order chi connectivity index (χ0) is 22.7. The fourth-order valence-electron chi connectivity index (χ4n) is 3.38. The highest BCUT2D eigenvalue weighted by Gasteiger charge is 2.18. The standard InChI is InChI=1S/C24H20FN3O4/c1-31-18-11-12-21(32-2)15(13-18)14-26-24(30)22-23(29)19-5-3-4-6-20(19)28(27-22)17-9-7-16(25)8-10-17/h3-13H,14H2,1-2H3,(H,26,30). The predicted octanol–water partition coefficient (Wildman–Crippen LogP) is 3.47. The fourth-order valence-corrected chi connectivity index (χ4v) is 3.38. The van der Waals surface area contributed by atoms with Crippen LogP contribution in [0.4, 0.5) is 4.39 Å². The number of halogens is 1. The van der Waals surface area contributed by atoms with Crippen molar-refractivity contribution in [2.24, 2.45) is 0 Å². The Morgan fingerprint density at radius 3 is 2.50 bits per heavy atom. The summed E-state index contributed by atoms with van der Waals surface area (Å²) < 4.78 is 25.4. The van der Waals surface area contributed by atoms with Gasteiger partial charge in [-0.25, -0.2) is 9.07 Å². The van der Waals surface area contributed by atoms with Gasteiger partial charge in [-0.2, -0.15) is 5.10 Å². The first-order chi connectivity index (χ1) is 15.5. The number of hydrogen-bond acceptors (Lipinski definition) is 5. The van der Waals surface area contributed by atoms with Crippen LogP contribution in [-0.2, 0) is 6.54 Å². The van der Waals surface area contributed by atoms with Crippen LogP contribution in [0.25, 0.3) is 16.6 Å². The average Bonchev–Trinajstić information content (AvgIpc) is 2.83. The second kappa shape index (κ2) is 8.89. The van der Waals surface area contributed by atoms with E-state index in [1.807, 2.05) is 0 Å². The van der Waals surface area contributed by atoms with E-state index >= 15 is 0 Å². The van der Waals surface area contributed by atoms with Crippen molar-refractivity contribution < 1.29 is 18.7 Å². The van der Waals surface area contributed by atoms with Gasteiger partial charge in [-0.1, -0.05) is 12.1 Å². The first-order valence-corrected chi connectivity index (χ1v) is 9.79. The van der Waals surface area contributed by atoms with Gasteiger partial charge in [0.2, 0.25) is 5.43 Å². The van der Waals surface area contributed by atoms with E-state index in [1.54, 1.807) is 49.6 Å². The molecular formula is C24H20FN3O4. The molecule has 1 aromatic heterocycles. The average molecular weight is 433 g/mol. The van der Waals surface area contributed by atoms with Gasteiger partial charge in [0.1, 0.15) is 17.3 Å². The second-order valence-electron chi connectivity index (χ2n) is 6.94. The summed E-state index contributed by atoms with van der Waals surface area (Å²) in [4.78, 5) is 26.0. The lowest BCUT2D eigenvalue weighted by molar-refractivity contribution is 0.0943. The number of hydrogen-bond donors (Lipinski definition) is 1. The minimum Gasteiger partial charge on any atom is -0.497 e. The molecule has 0 atom stereocenters. The highest BCUT2D eigenvalue weighted by atomic mass is 19.1. The molecule has 0 saturated heterocycles. The molecule has 0 aliphatic carbocycles. The van der Waals surface area contributed by atoms with E-state index in [9.17, 15) is 14.0 Å². The van der Waals surface area contributed by atoms with Crippen molar-refractivity contribution in [3.8, 4) is 17.2 Å². The van der Waals surface area contributed by atoms with Gasteiger partial charge in [-0.3, -0.25) is 9.59 Å². The first kappa shape index (κ1) is 21.0. The van der Waals surface area contributed by atoms with Crippen molar-refractivity contribution in [2.75, 3.05) is 14.2 Å². The number of ether oxygens (including phenoxy) is 2. The minimum absolute atomic E-state index is 0.101. The second-order valence-corrected chi connectivity index (χ2v) is 6.94. The normalized spacial score (nSPS) is 10.7. The van der Waals surface area contributed by atoms with Crippen LogP contribution in [-0.4, -0.2) is 29.9 Å². The molecule has 1 N–H and O–H groups in total. The summed E-state index contributed by atoms with van der Waals surface area (Å²) in [5.41, 5.74) is 0.949. The molecule has 0 bridgehead atoms. The largest absolute Gasteiger partial charge is 0.497 e. The van der Waals surface area contributed by atoms with Crippen LogP contribution in [0.1, 0.15) is 16.1 Å². The molecule has 0 saturated carbocycles. The molecular weight excluding hydrogens is 413 g/mol. The number of benzene rings is 3. The van der Waals surface area contributed by atoms with Gasteiger partial charge in [0.05, 0.1) is 30.8 Å². The van der Waals surface area contributed by atoms with Crippen LogP contribution in [0.5, 0.6) is 11.5 Å². The van der Waals surface area contributed by atoms with Crippen molar-refractivity contribution in [2.45, 2.75) is 6.54 Å². The van der Waals surface area contributed by atoms with Crippen LogP contribution < -0.4 is 20.2 Å². The molecule has 0 fully saturated rings. The zero-order valence-electron chi connectivity index (χ0n) is 17.5. The minimum atomic E-state index is -0.638. The third-order valence-electron chi connectivity index (χ3n) is 5.01. The third-order valence-corrected chi connectivity index (χ3v) is 5.01. The summed E-state index contributed by atoms with van der Waals surface area (Å²) >= 11 is 0. The Kier molecular flexibility index (Phi) is 5.85. The van der Waals surface area contributed by atoms with E-state index < -0.39 is 17.2 Å². The van der Waals surface area contributed by atoms with Gasteiger partial charge < -0.3 is 14.8 Å².